The van der Waals surface area contributed by atoms with Crippen molar-refractivity contribution in [2.75, 3.05) is 13.2 Å². The standard InChI is InChI=1S/C7H12NO3/c1-2-10-7(9)11-6-3-4-8-5-6/h4,6,8H,2-3,5H2,1H3. The maximum Gasteiger partial charge on any atom is 0.508 e. The van der Waals surface area contributed by atoms with Crippen molar-refractivity contribution < 1.29 is 14.3 Å². The third kappa shape index (κ3) is 2.76. The minimum Gasteiger partial charge on any atom is -0.435 e. The normalized spacial score (nSPS) is 23.2. The Morgan fingerprint density at radius 3 is 3.18 bits per heavy atom. The van der Waals surface area contributed by atoms with Crippen LogP contribution in [0.4, 0.5) is 4.79 Å². The van der Waals surface area contributed by atoms with Crippen LogP contribution in [0.5, 0.6) is 0 Å². The van der Waals surface area contributed by atoms with Gasteiger partial charge in [0.1, 0.15) is 6.10 Å². The number of nitrogens with one attached hydrogen (secondary N) is 1. The molecule has 0 bridgehead atoms. The maximum atomic E-state index is 10.7. The average molecular weight is 158 g/mol. The summed E-state index contributed by atoms with van der Waals surface area (Å²) in [4.78, 5) is 10.7. The molecule has 0 aromatic rings. The van der Waals surface area contributed by atoms with Gasteiger partial charge in [-0.05, 0) is 6.92 Å². The van der Waals surface area contributed by atoms with Crippen LogP contribution >= 0.6 is 0 Å². The summed E-state index contributed by atoms with van der Waals surface area (Å²) in [6.45, 7) is 4.69. The number of carbonyl (C=O) groups is 1. The van der Waals surface area contributed by atoms with E-state index in [9.17, 15) is 4.79 Å². The third-order valence-electron chi connectivity index (χ3n) is 1.40. The van der Waals surface area contributed by atoms with E-state index in [4.69, 9.17) is 4.74 Å². The van der Waals surface area contributed by atoms with Crippen molar-refractivity contribution in [2.24, 2.45) is 0 Å². The van der Waals surface area contributed by atoms with Gasteiger partial charge in [0.2, 0.25) is 0 Å². The number of carbonyl (C=O) groups excluding carboxylic acids is 1. The Bertz CT molecular complexity index is 132. The van der Waals surface area contributed by atoms with Crippen LogP contribution in [-0.2, 0) is 9.47 Å². The van der Waals surface area contributed by atoms with E-state index in [2.05, 4.69) is 10.1 Å². The highest BCUT2D eigenvalue weighted by atomic mass is 16.7. The predicted molar refractivity (Wildman–Crippen MR) is 38.8 cm³/mol. The molecule has 0 aliphatic carbocycles. The molecule has 0 aromatic heterocycles. The molecule has 0 spiro atoms. The van der Waals surface area contributed by atoms with Gasteiger partial charge in [0, 0.05) is 19.5 Å². The molecule has 0 saturated carbocycles. The predicted octanol–water partition coefficient (Wildman–Crippen LogP) is 0.683. The Morgan fingerprint density at radius 1 is 1.82 bits per heavy atom. The van der Waals surface area contributed by atoms with Crippen LogP contribution in [0.25, 0.3) is 0 Å². The molecule has 1 aliphatic heterocycles. The fourth-order valence-electron chi connectivity index (χ4n) is 0.891. The Balaban J connectivity index is 2.13. The molecule has 1 heterocycles. The van der Waals surface area contributed by atoms with Crippen LogP contribution in [0.1, 0.15) is 13.3 Å². The summed E-state index contributed by atoms with van der Waals surface area (Å²) in [5.74, 6) is 0. The fraction of sp³-hybridized carbons (Fsp3) is 0.714. The second-order valence-electron chi connectivity index (χ2n) is 2.27. The molecule has 1 fully saturated rings. The maximum absolute atomic E-state index is 10.7. The molecular weight excluding hydrogens is 146 g/mol. The molecule has 11 heavy (non-hydrogen) atoms. The van der Waals surface area contributed by atoms with Gasteiger partial charge in [-0.2, -0.15) is 0 Å². The van der Waals surface area contributed by atoms with Crippen molar-refractivity contribution in [3.63, 3.8) is 0 Å². The zero-order valence-corrected chi connectivity index (χ0v) is 6.50. The van der Waals surface area contributed by atoms with Crippen LogP contribution in [0, 0.1) is 6.54 Å². The van der Waals surface area contributed by atoms with Crippen LogP contribution in [0.3, 0.4) is 0 Å². The minimum atomic E-state index is -0.574. The second kappa shape index (κ2) is 4.18. The zero-order chi connectivity index (χ0) is 8.10. The van der Waals surface area contributed by atoms with Crippen LogP contribution in [0.15, 0.2) is 0 Å². The van der Waals surface area contributed by atoms with Crippen LogP contribution < -0.4 is 5.32 Å². The molecule has 63 valence electrons. The SMILES string of the molecule is CCOC(=O)OC1C[CH]NC1. The van der Waals surface area contributed by atoms with Gasteiger partial charge in [-0.1, -0.05) is 0 Å². The molecule has 1 N–H and O–H groups in total. The first kappa shape index (κ1) is 8.33. The van der Waals surface area contributed by atoms with E-state index in [1.54, 1.807) is 6.92 Å². The number of rotatable bonds is 2. The number of hydrogen-bond acceptors (Lipinski definition) is 4. The van der Waals surface area contributed by atoms with Gasteiger partial charge in [0.15, 0.2) is 0 Å². The van der Waals surface area contributed by atoms with Crippen molar-refractivity contribution in [3.05, 3.63) is 6.54 Å². The van der Waals surface area contributed by atoms with Crippen molar-refractivity contribution in [3.8, 4) is 0 Å². The van der Waals surface area contributed by atoms with E-state index < -0.39 is 6.16 Å². The molecule has 4 heteroatoms. The highest BCUT2D eigenvalue weighted by Crippen LogP contribution is 2.06. The molecule has 1 saturated heterocycles. The molecule has 1 radical (unpaired) electrons. The quantitative estimate of drug-likeness (QED) is 0.600. The molecule has 1 aliphatic rings. The summed E-state index contributed by atoms with van der Waals surface area (Å²) < 4.78 is 9.50. The van der Waals surface area contributed by atoms with Crippen LogP contribution in [0.2, 0.25) is 0 Å². The molecule has 0 aromatic carbocycles. The largest absolute Gasteiger partial charge is 0.508 e. The Kier molecular flexibility index (Phi) is 3.16. The lowest BCUT2D eigenvalue weighted by Gasteiger charge is -2.09. The van der Waals surface area contributed by atoms with E-state index in [0.29, 0.717) is 13.2 Å². The summed E-state index contributed by atoms with van der Waals surface area (Å²) in [5, 5.41) is 2.96. The molecule has 4 nitrogen and oxygen atoms in total. The van der Waals surface area contributed by atoms with E-state index in [-0.39, 0.29) is 6.10 Å². The van der Waals surface area contributed by atoms with E-state index >= 15 is 0 Å². The first-order valence-corrected chi connectivity index (χ1v) is 3.71. The summed E-state index contributed by atoms with van der Waals surface area (Å²) in [7, 11) is 0. The second-order valence-corrected chi connectivity index (χ2v) is 2.27. The third-order valence-corrected chi connectivity index (χ3v) is 1.40. The summed E-state index contributed by atoms with van der Waals surface area (Å²) in [6.07, 6.45) is 0.141. The molecule has 1 unspecified atom stereocenters. The van der Waals surface area contributed by atoms with Crippen LogP contribution in [-0.4, -0.2) is 25.4 Å². The molecular formula is C7H12NO3. The van der Waals surface area contributed by atoms with Crippen molar-refractivity contribution in [1.29, 1.82) is 0 Å². The van der Waals surface area contributed by atoms with Gasteiger partial charge in [-0.15, -0.1) is 0 Å². The van der Waals surface area contributed by atoms with Crippen molar-refractivity contribution in [2.45, 2.75) is 19.4 Å². The summed E-state index contributed by atoms with van der Waals surface area (Å²) in [5.41, 5.74) is 0. The fourth-order valence-corrected chi connectivity index (χ4v) is 0.891. The first-order chi connectivity index (χ1) is 5.33. The molecule has 0 amide bonds. The number of hydrogen-bond donors (Lipinski definition) is 1. The Labute approximate surface area is 65.9 Å². The van der Waals surface area contributed by atoms with Gasteiger partial charge in [0.05, 0.1) is 6.61 Å². The highest BCUT2D eigenvalue weighted by molar-refractivity contribution is 5.60. The minimum absolute atomic E-state index is 0.0472. The highest BCUT2D eigenvalue weighted by Gasteiger charge is 2.19. The van der Waals surface area contributed by atoms with Gasteiger partial charge >= 0.3 is 6.16 Å². The van der Waals surface area contributed by atoms with Gasteiger partial charge in [-0.3, -0.25) is 0 Å². The van der Waals surface area contributed by atoms with Gasteiger partial charge in [-0.25, -0.2) is 4.79 Å². The summed E-state index contributed by atoms with van der Waals surface area (Å²) >= 11 is 0. The smallest absolute Gasteiger partial charge is 0.435 e. The summed E-state index contributed by atoms with van der Waals surface area (Å²) in [6, 6.07) is 0. The van der Waals surface area contributed by atoms with Gasteiger partial charge in [0.25, 0.3) is 0 Å². The zero-order valence-electron chi connectivity index (χ0n) is 6.50. The first-order valence-electron chi connectivity index (χ1n) is 3.71. The Morgan fingerprint density at radius 2 is 2.64 bits per heavy atom. The topological polar surface area (TPSA) is 47.6 Å². The van der Waals surface area contributed by atoms with E-state index in [1.807, 2.05) is 6.54 Å². The molecule has 1 rings (SSSR count). The lowest BCUT2D eigenvalue weighted by molar-refractivity contribution is 0.0331. The monoisotopic (exact) mass is 158 g/mol. The van der Waals surface area contributed by atoms with E-state index in [0.717, 1.165) is 6.42 Å². The van der Waals surface area contributed by atoms with Crippen molar-refractivity contribution in [1.82, 2.24) is 5.32 Å². The van der Waals surface area contributed by atoms with Gasteiger partial charge < -0.3 is 14.8 Å². The average Bonchev–Trinajstić information content (AvgIpc) is 2.40. The number of ether oxygens (including phenoxy) is 2. The molecule has 1 atom stereocenters. The lowest BCUT2D eigenvalue weighted by Crippen LogP contribution is -2.21. The lowest BCUT2D eigenvalue weighted by atomic mass is 10.3. The van der Waals surface area contributed by atoms with Crippen molar-refractivity contribution >= 4 is 6.16 Å². The Hall–Kier alpha value is -0.770. The van der Waals surface area contributed by atoms with E-state index in [1.165, 1.54) is 0 Å².